The molecule has 0 aliphatic heterocycles. The lowest BCUT2D eigenvalue weighted by atomic mass is 9.91. The predicted molar refractivity (Wildman–Crippen MR) is 47.9 cm³/mol. The molecule has 1 aliphatic carbocycles. The fraction of sp³-hybridized carbons (Fsp3) is 0.364. The molecule has 0 spiro atoms. The molecule has 1 saturated carbocycles. The summed E-state index contributed by atoms with van der Waals surface area (Å²) in [5.74, 6) is -0.950. The second-order valence-electron chi connectivity index (χ2n) is 3.85. The smallest absolute Gasteiger partial charge is 0.207 e. The quantitative estimate of drug-likeness (QED) is 0.677. The van der Waals surface area contributed by atoms with Gasteiger partial charge in [-0.3, -0.25) is 0 Å². The lowest BCUT2D eigenvalue weighted by Gasteiger charge is -2.16. The van der Waals surface area contributed by atoms with E-state index in [1.54, 1.807) is 6.07 Å². The Morgan fingerprint density at radius 3 is 2.31 bits per heavy atom. The highest BCUT2D eigenvalue weighted by atomic mass is 19.4. The van der Waals surface area contributed by atoms with E-state index in [-0.39, 0.29) is 12.8 Å². The van der Waals surface area contributed by atoms with E-state index in [1.807, 2.05) is 0 Å². The number of alkyl halides is 3. The van der Waals surface area contributed by atoms with E-state index < -0.39 is 28.5 Å². The maximum atomic E-state index is 13.5. The molecule has 16 heavy (non-hydrogen) atoms. The molecule has 0 bridgehead atoms. The van der Waals surface area contributed by atoms with Crippen molar-refractivity contribution in [3.05, 3.63) is 35.1 Å². The Hall–Kier alpha value is -1.57. The van der Waals surface area contributed by atoms with Gasteiger partial charge < -0.3 is 0 Å². The predicted octanol–water partition coefficient (Wildman–Crippen LogP) is 3.40. The van der Waals surface area contributed by atoms with Crippen molar-refractivity contribution in [1.29, 1.82) is 5.26 Å². The van der Waals surface area contributed by atoms with Crippen LogP contribution in [0.15, 0.2) is 18.2 Å². The molecule has 1 fully saturated rings. The molecule has 0 radical (unpaired) electrons. The maximum Gasteiger partial charge on any atom is 0.416 e. The molecule has 0 aromatic heterocycles. The first-order valence-electron chi connectivity index (χ1n) is 4.68. The third kappa shape index (κ3) is 1.54. The second-order valence-corrected chi connectivity index (χ2v) is 3.85. The molecular formula is C11H7F4N. The highest BCUT2D eigenvalue weighted by Gasteiger charge is 2.51. The molecule has 1 aromatic rings. The summed E-state index contributed by atoms with van der Waals surface area (Å²) in [6.45, 7) is 0. The van der Waals surface area contributed by atoms with Gasteiger partial charge in [-0.15, -0.1) is 0 Å². The largest absolute Gasteiger partial charge is 0.416 e. The monoisotopic (exact) mass is 229 g/mol. The van der Waals surface area contributed by atoms with Gasteiger partial charge in [-0.1, -0.05) is 6.07 Å². The van der Waals surface area contributed by atoms with E-state index in [1.165, 1.54) is 0 Å². The molecule has 1 aromatic carbocycles. The summed E-state index contributed by atoms with van der Waals surface area (Å²) in [5.41, 5.74) is -2.80. The fourth-order valence-corrected chi connectivity index (χ4v) is 1.79. The number of halogens is 4. The maximum absolute atomic E-state index is 13.5. The Morgan fingerprint density at radius 1 is 1.25 bits per heavy atom. The number of nitriles is 1. The molecule has 1 nitrogen and oxygen atoms in total. The number of hydrogen-bond acceptors (Lipinski definition) is 1. The third-order valence-corrected chi connectivity index (χ3v) is 2.76. The van der Waals surface area contributed by atoms with Gasteiger partial charge in [-0.25, -0.2) is 4.39 Å². The Balaban J connectivity index is 2.65. The lowest BCUT2D eigenvalue weighted by molar-refractivity contribution is -0.138. The van der Waals surface area contributed by atoms with Crippen molar-refractivity contribution in [2.24, 2.45) is 0 Å². The molecule has 0 heterocycles. The lowest BCUT2D eigenvalue weighted by Crippen LogP contribution is -2.17. The van der Waals surface area contributed by atoms with E-state index in [4.69, 9.17) is 5.26 Å². The highest BCUT2D eigenvalue weighted by Crippen LogP contribution is 2.52. The molecule has 0 unspecified atom stereocenters. The van der Waals surface area contributed by atoms with Gasteiger partial charge in [-0.05, 0) is 25.0 Å². The van der Waals surface area contributed by atoms with Crippen LogP contribution in [-0.4, -0.2) is 0 Å². The molecule has 1 aliphatic rings. The van der Waals surface area contributed by atoms with Crippen molar-refractivity contribution in [2.75, 3.05) is 0 Å². The van der Waals surface area contributed by atoms with Gasteiger partial charge in [0.2, 0.25) is 0 Å². The molecule has 0 atom stereocenters. The molecule has 0 saturated heterocycles. The molecule has 84 valence electrons. The minimum atomic E-state index is -4.62. The molecule has 0 N–H and O–H groups in total. The molecule has 0 amide bonds. The van der Waals surface area contributed by atoms with Crippen LogP contribution in [0.2, 0.25) is 0 Å². The summed E-state index contributed by atoms with van der Waals surface area (Å²) in [5, 5.41) is 8.84. The van der Waals surface area contributed by atoms with Crippen LogP contribution in [0.5, 0.6) is 0 Å². The van der Waals surface area contributed by atoms with E-state index in [2.05, 4.69) is 0 Å². The van der Waals surface area contributed by atoms with E-state index in [0.717, 1.165) is 18.2 Å². The fourth-order valence-electron chi connectivity index (χ4n) is 1.79. The average molecular weight is 229 g/mol. The van der Waals surface area contributed by atoms with Crippen molar-refractivity contribution in [2.45, 2.75) is 24.4 Å². The zero-order valence-electron chi connectivity index (χ0n) is 8.11. The Bertz CT molecular complexity index is 466. The highest BCUT2D eigenvalue weighted by molar-refractivity contribution is 5.46. The standard InChI is InChI=1S/C11H7F4N/c12-8-3-1-2-7(11(13,14)15)9(8)10(6-16)4-5-10/h1-3H,4-5H2. The average Bonchev–Trinajstić information content (AvgIpc) is 2.96. The van der Waals surface area contributed by atoms with Gasteiger partial charge in [0.05, 0.1) is 17.0 Å². The van der Waals surface area contributed by atoms with Crippen LogP contribution in [0.4, 0.5) is 17.6 Å². The Labute approximate surface area is 89.3 Å². The molecular weight excluding hydrogens is 222 g/mol. The summed E-state index contributed by atoms with van der Waals surface area (Å²) >= 11 is 0. The topological polar surface area (TPSA) is 23.8 Å². The minimum absolute atomic E-state index is 0.285. The zero-order chi connectivity index (χ0) is 12.0. The number of nitrogens with zero attached hydrogens (tertiary/aromatic N) is 1. The summed E-state index contributed by atoms with van der Waals surface area (Å²) in [7, 11) is 0. The normalized spacial score (nSPS) is 17.9. The third-order valence-electron chi connectivity index (χ3n) is 2.76. The Kier molecular flexibility index (Phi) is 2.19. The van der Waals surface area contributed by atoms with Crippen molar-refractivity contribution >= 4 is 0 Å². The van der Waals surface area contributed by atoms with Gasteiger partial charge in [0.15, 0.2) is 0 Å². The van der Waals surface area contributed by atoms with Crippen molar-refractivity contribution in [3.63, 3.8) is 0 Å². The van der Waals surface area contributed by atoms with Crippen LogP contribution in [0.1, 0.15) is 24.0 Å². The summed E-state index contributed by atoms with van der Waals surface area (Å²) in [4.78, 5) is 0. The second kappa shape index (κ2) is 3.21. The summed E-state index contributed by atoms with van der Waals surface area (Å²) < 4.78 is 51.4. The van der Waals surface area contributed by atoms with Crippen LogP contribution >= 0.6 is 0 Å². The Morgan fingerprint density at radius 2 is 1.88 bits per heavy atom. The van der Waals surface area contributed by atoms with Crippen LogP contribution < -0.4 is 0 Å². The van der Waals surface area contributed by atoms with Gasteiger partial charge >= 0.3 is 6.18 Å². The molecule has 2 rings (SSSR count). The summed E-state index contributed by atoms with van der Waals surface area (Å²) in [6, 6.07) is 4.57. The van der Waals surface area contributed by atoms with Crippen molar-refractivity contribution in [3.8, 4) is 6.07 Å². The van der Waals surface area contributed by atoms with Crippen molar-refractivity contribution < 1.29 is 17.6 Å². The number of hydrogen-bond donors (Lipinski definition) is 0. The van der Waals surface area contributed by atoms with E-state index in [9.17, 15) is 17.6 Å². The van der Waals surface area contributed by atoms with Crippen molar-refractivity contribution in [1.82, 2.24) is 0 Å². The van der Waals surface area contributed by atoms with Crippen LogP contribution in [0.25, 0.3) is 0 Å². The van der Waals surface area contributed by atoms with Gasteiger partial charge in [0.1, 0.15) is 5.82 Å². The van der Waals surface area contributed by atoms with Gasteiger partial charge in [0, 0.05) is 5.56 Å². The first kappa shape index (κ1) is 10.9. The van der Waals surface area contributed by atoms with Gasteiger partial charge in [-0.2, -0.15) is 18.4 Å². The number of benzene rings is 1. The van der Waals surface area contributed by atoms with Crippen LogP contribution in [-0.2, 0) is 11.6 Å². The number of rotatable bonds is 1. The van der Waals surface area contributed by atoms with Gasteiger partial charge in [0.25, 0.3) is 0 Å². The van der Waals surface area contributed by atoms with Crippen LogP contribution in [0, 0.1) is 17.1 Å². The van der Waals surface area contributed by atoms with Crippen LogP contribution in [0.3, 0.4) is 0 Å². The zero-order valence-corrected chi connectivity index (χ0v) is 8.11. The van der Waals surface area contributed by atoms with E-state index in [0.29, 0.717) is 0 Å². The first-order chi connectivity index (χ1) is 7.41. The SMILES string of the molecule is N#CC1(c2c(F)cccc2C(F)(F)F)CC1. The first-order valence-corrected chi connectivity index (χ1v) is 4.68. The van der Waals surface area contributed by atoms with E-state index >= 15 is 0 Å². The summed E-state index contributed by atoms with van der Waals surface area (Å²) in [6.07, 6.45) is -4.05. The minimum Gasteiger partial charge on any atom is -0.207 e. The molecule has 5 heteroatoms.